The standard InChI is InChI=1S/C13H12ClNO5S/c1-20-6-2-3-9-7(4-6)10(14)11(21-9)12(17)15-8(5-16)13(18)19/h2-4,8,16H,5H2,1H3,(H,15,17)(H,18,19). The number of amides is 1. The van der Waals surface area contributed by atoms with Crippen LogP contribution in [0.25, 0.3) is 10.1 Å². The molecule has 1 unspecified atom stereocenters. The highest BCUT2D eigenvalue weighted by atomic mass is 35.5. The SMILES string of the molecule is COc1ccc2sc(C(=O)NC(CO)C(=O)O)c(Cl)c2c1. The van der Waals surface area contributed by atoms with Crippen LogP contribution < -0.4 is 10.1 Å². The van der Waals surface area contributed by atoms with E-state index in [1.54, 1.807) is 18.2 Å². The summed E-state index contributed by atoms with van der Waals surface area (Å²) in [5.74, 6) is -1.35. The van der Waals surface area contributed by atoms with Crippen LogP contribution in [-0.4, -0.2) is 41.8 Å². The number of rotatable bonds is 5. The molecule has 0 aliphatic rings. The number of carboxylic acids is 1. The Bertz CT molecular complexity index is 699. The molecule has 2 aromatic rings. The van der Waals surface area contributed by atoms with Gasteiger partial charge in [0.1, 0.15) is 10.6 Å². The smallest absolute Gasteiger partial charge is 0.328 e. The average Bonchev–Trinajstić information content (AvgIpc) is 2.80. The Morgan fingerprint density at radius 3 is 2.76 bits per heavy atom. The quantitative estimate of drug-likeness (QED) is 0.776. The molecule has 112 valence electrons. The third kappa shape index (κ3) is 3.10. The van der Waals surface area contributed by atoms with E-state index < -0.39 is 24.5 Å². The van der Waals surface area contributed by atoms with Crippen LogP contribution in [0.4, 0.5) is 0 Å². The fourth-order valence-corrected chi connectivity index (χ4v) is 3.12. The molecule has 0 aliphatic heterocycles. The summed E-state index contributed by atoms with van der Waals surface area (Å²) in [7, 11) is 1.52. The van der Waals surface area contributed by atoms with Crippen molar-refractivity contribution >= 4 is 44.9 Å². The van der Waals surface area contributed by atoms with Gasteiger partial charge in [0.05, 0.1) is 18.7 Å². The molecular weight excluding hydrogens is 318 g/mol. The maximum Gasteiger partial charge on any atom is 0.328 e. The van der Waals surface area contributed by atoms with Crippen LogP contribution in [-0.2, 0) is 4.79 Å². The highest BCUT2D eigenvalue weighted by molar-refractivity contribution is 7.21. The van der Waals surface area contributed by atoms with E-state index in [1.807, 2.05) is 0 Å². The molecule has 0 spiro atoms. The first-order valence-electron chi connectivity index (χ1n) is 5.88. The van der Waals surface area contributed by atoms with E-state index >= 15 is 0 Å². The highest BCUT2D eigenvalue weighted by Crippen LogP contribution is 2.37. The minimum absolute atomic E-state index is 0.194. The molecular formula is C13H12ClNO5S. The predicted octanol–water partition coefficient (Wildman–Crippen LogP) is 1.74. The predicted molar refractivity (Wildman–Crippen MR) is 79.4 cm³/mol. The van der Waals surface area contributed by atoms with Crippen molar-refractivity contribution in [3.8, 4) is 5.75 Å². The van der Waals surface area contributed by atoms with Crippen LogP contribution in [0.1, 0.15) is 9.67 Å². The summed E-state index contributed by atoms with van der Waals surface area (Å²) < 4.78 is 5.87. The van der Waals surface area contributed by atoms with Gasteiger partial charge in [-0.2, -0.15) is 0 Å². The van der Waals surface area contributed by atoms with Gasteiger partial charge < -0.3 is 20.3 Å². The second-order valence-corrected chi connectivity index (χ2v) is 5.58. The molecule has 0 radical (unpaired) electrons. The van der Waals surface area contributed by atoms with Gasteiger partial charge in [0.15, 0.2) is 6.04 Å². The Kier molecular flexibility index (Phi) is 4.66. The van der Waals surface area contributed by atoms with Gasteiger partial charge in [-0.25, -0.2) is 4.79 Å². The zero-order valence-corrected chi connectivity index (χ0v) is 12.5. The first kappa shape index (κ1) is 15.6. The van der Waals surface area contributed by atoms with E-state index in [9.17, 15) is 9.59 Å². The van der Waals surface area contributed by atoms with Crippen molar-refractivity contribution in [2.75, 3.05) is 13.7 Å². The molecule has 0 fully saturated rings. The van der Waals surface area contributed by atoms with Gasteiger partial charge in [-0.15, -0.1) is 11.3 Å². The lowest BCUT2D eigenvalue weighted by atomic mass is 10.2. The number of halogens is 1. The van der Waals surface area contributed by atoms with Gasteiger partial charge in [0.25, 0.3) is 5.91 Å². The van der Waals surface area contributed by atoms with Crippen LogP contribution in [0.3, 0.4) is 0 Å². The maximum atomic E-state index is 12.1. The van der Waals surface area contributed by atoms with E-state index in [2.05, 4.69) is 5.32 Å². The number of carbonyl (C=O) groups excluding carboxylic acids is 1. The number of fused-ring (bicyclic) bond motifs is 1. The van der Waals surface area contributed by atoms with Crippen LogP contribution >= 0.6 is 22.9 Å². The number of methoxy groups -OCH3 is 1. The molecule has 1 aromatic heterocycles. The minimum Gasteiger partial charge on any atom is -0.497 e. The number of hydrogen-bond acceptors (Lipinski definition) is 5. The number of aliphatic hydroxyl groups is 1. The molecule has 1 amide bonds. The Balaban J connectivity index is 2.35. The molecule has 6 nitrogen and oxygen atoms in total. The fourth-order valence-electron chi connectivity index (χ4n) is 1.73. The van der Waals surface area contributed by atoms with E-state index in [1.165, 1.54) is 7.11 Å². The van der Waals surface area contributed by atoms with Crippen LogP contribution in [0.5, 0.6) is 5.75 Å². The lowest BCUT2D eigenvalue weighted by Gasteiger charge is -2.10. The Hall–Kier alpha value is -1.83. The Labute approximate surface area is 128 Å². The number of thiophene rings is 1. The molecule has 8 heteroatoms. The first-order valence-corrected chi connectivity index (χ1v) is 7.08. The summed E-state index contributed by atoms with van der Waals surface area (Å²) in [5, 5.41) is 20.9. The van der Waals surface area contributed by atoms with Gasteiger partial charge >= 0.3 is 5.97 Å². The fraction of sp³-hybridized carbons (Fsp3) is 0.231. The Morgan fingerprint density at radius 1 is 1.48 bits per heavy atom. The van der Waals surface area contributed by atoms with Crippen molar-refractivity contribution in [2.45, 2.75) is 6.04 Å². The van der Waals surface area contributed by atoms with E-state index in [0.717, 1.165) is 16.0 Å². The van der Waals surface area contributed by atoms with Crippen molar-refractivity contribution in [1.29, 1.82) is 0 Å². The molecule has 1 atom stereocenters. The molecule has 1 aromatic carbocycles. The largest absolute Gasteiger partial charge is 0.497 e. The number of ether oxygens (including phenoxy) is 1. The zero-order chi connectivity index (χ0) is 15.6. The monoisotopic (exact) mass is 329 g/mol. The lowest BCUT2D eigenvalue weighted by Crippen LogP contribution is -2.43. The molecule has 0 saturated carbocycles. The van der Waals surface area contributed by atoms with Gasteiger partial charge in [-0.1, -0.05) is 11.6 Å². The van der Waals surface area contributed by atoms with Crippen molar-refractivity contribution in [3.63, 3.8) is 0 Å². The van der Waals surface area contributed by atoms with E-state index in [0.29, 0.717) is 11.1 Å². The van der Waals surface area contributed by atoms with Crippen LogP contribution in [0.15, 0.2) is 18.2 Å². The second kappa shape index (κ2) is 6.30. The van der Waals surface area contributed by atoms with Crippen molar-refractivity contribution in [2.24, 2.45) is 0 Å². The van der Waals surface area contributed by atoms with E-state index in [4.69, 9.17) is 26.6 Å². The summed E-state index contributed by atoms with van der Waals surface area (Å²) in [6, 6.07) is 3.84. The van der Waals surface area contributed by atoms with Gasteiger partial charge in [-0.05, 0) is 18.2 Å². The topological polar surface area (TPSA) is 95.9 Å². The molecule has 0 bridgehead atoms. The van der Waals surface area contributed by atoms with E-state index in [-0.39, 0.29) is 9.90 Å². The first-order chi connectivity index (χ1) is 9.97. The van der Waals surface area contributed by atoms with Crippen molar-refractivity contribution < 1.29 is 24.5 Å². The third-order valence-electron chi connectivity index (χ3n) is 2.83. The van der Waals surface area contributed by atoms with Gasteiger partial charge in [-0.3, -0.25) is 4.79 Å². The normalized spacial score (nSPS) is 12.1. The molecule has 21 heavy (non-hydrogen) atoms. The summed E-state index contributed by atoms with van der Waals surface area (Å²) in [5.41, 5.74) is 0. The molecule has 2 rings (SSSR count). The van der Waals surface area contributed by atoms with Gasteiger partial charge in [0, 0.05) is 10.1 Å². The summed E-state index contributed by atoms with van der Waals surface area (Å²) >= 11 is 7.31. The van der Waals surface area contributed by atoms with Crippen LogP contribution in [0.2, 0.25) is 5.02 Å². The summed E-state index contributed by atoms with van der Waals surface area (Å²) in [6.45, 7) is -0.697. The van der Waals surface area contributed by atoms with Gasteiger partial charge in [0.2, 0.25) is 0 Å². The summed E-state index contributed by atoms with van der Waals surface area (Å²) in [6.07, 6.45) is 0. The average molecular weight is 330 g/mol. The maximum absolute atomic E-state index is 12.1. The number of carboxylic acid groups (broad SMARTS) is 1. The summed E-state index contributed by atoms with van der Waals surface area (Å²) in [4.78, 5) is 23.1. The molecule has 0 aliphatic carbocycles. The van der Waals surface area contributed by atoms with Crippen molar-refractivity contribution in [3.05, 3.63) is 28.1 Å². The number of nitrogens with one attached hydrogen (secondary N) is 1. The third-order valence-corrected chi connectivity index (χ3v) is 4.50. The highest BCUT2D eigenvalue weighted by Gasteiger charge is 2.23. The lowest BCUT2D eigenvalue weighted by molar-refractivity contribution is -0.140. The molecule has 0 saturated heterocycles. The number of benzene rings is 1. The second-order valence-electron chi connectivity index (χ2n) is 4.15. The van der Waals surface area contributed by atoms with Crippen molar-refractivity contribution in [1.82, 2.24) is 5.32 Å². The number of aliphatic hydroxyl groups excluding tert-OH is 1. The Morgan fingerprint density at radius 2 is 2.19 bits per heavy atom. The molecule has 1 heterocycles. The number of carbonyl (C=O) groups is 2. The molecule has 3 N–H and O–H groups in total. The van der Waals surface area contributed by atoms with Crippen LogP contribution in [0, 0.1) is 0 Å². The number of aliphatic carboxylic acids is 1. The number of hydrogen-bond donors (Lipinski definition) is 3. The zero-order valence-electron chi connectivity index (χ0n) is 10.9. The minimum atomic E-state index is -1.37.